The molecule has 0 saturated carbocycles. The smallest absolute Gasteiger partial charge is 0.321 e. The Bertz CT molecular complexity index is 448. The largest absolute Gasteiger partial charge is 0.480 e. The van der Waals surface area contributed by atoms with E-state index in [9.17, 15) is 9.59 Å². The fraction of sp³-hybridized carbons (Fsp3) is 0.600. The Balaban J connectivity index is 2.25. The van der Waals surface area contributed by atoms with Gasteiger partial charge in [0.05, 0.1) is 24.8 Å². The van der Waals surface area contributed by atoms with Crippen molar-refractivity contribution in [1.29, 1.82) is 0 Å². The number of nitrogens with one attached hydrogen (secondary N) is 2. The van der Waals surface area contributed by atoms with Crippen LogP contribution in [0.4, 0.5) is 0 Å². The fourth-order valence-electron chi connectivity index (χ4n) is 1.87. The normalized spacial score (nSPS) is 24.8. The number of carboxylic acid groups (broad SMARTS) is 1. The first-order valence-electron chi connectivity index (χ1n) is 5.65. The van der Waals surface area contributed by atoms with Gasteiger partial charge in [0.25, 0.3) is 0 Å². The van der Waals surface area contributed by atoms with Gasteiger partial charge in [0.2, 0.25) is 0 Å². The number of hydrogen-bond acceptors (Lipinski definition) is 6. The number of aromatic nitrogens is 3. The summed E-state index contributed by atoms with van der Waals surface area (Å²) in [6.45, 7) is 0.408. The zero-order valence-corrected chi connectivity index (χ0v) is 9.96. The molecule has 3 N–H and O–H groups in total. The van der Waals surface area contributed by atoms with Crippen LogP contribution in [0, 0.1) is 0 Å². The second kappa shape index (κ2) is 5.23. The molecule has 0 radical (unpaired) electrons. The van der Waals surface area contributed by atoms with Crippen LogP contribution in [0.1, 0.15) is 5.69 Å². The molecule has 2 rings (SSSR count). The highest BCUT2D eigenvalue weighted by Gasteiger charge is 2.25. The number of likely N-dealkylation sites (N-methyl/N-ethyl adjacent to an activating group) is 1. The van der Waals surface area contributed by atoms with Gasteiger partial charge in [-0.15, -0.1) is 5.10 Å². The Kier molecular flexibility index (Phi) is 3.68. The molecule has 0 saturated heterocycles. The molecular formula is C10H15N5O3. The Morgan fingerprint density at radius 1 is 1.67 bits per heavy atom. The van der Waals surface area contributed by atoms with Crippen molar-refractivity contribution in [3.63, 3.8) is 0 Å². The predicted molar refractivity (Wildman–Crippen MR) is 61.0 cm³/mol. The second-order valence-corrected chi connectivity index (χ2v) is 4.22. The average Bonchev–Trinajstić information content (AvgIpc) is 2.77. The number of carbonyl (C=O) groups is 2. The standard InChI is InChI=1S/C10H15N5O3/c1-11-8-5-15-4-6(13-14-15)2-7(10(17)18)12-3-9(8)16/h4,7-8,11-12H,2-3,5H2,1H3,(H,17,18). The highest BCUT2D eigenvalue weighted by molar-refractivity contribution is 5.86. The van der Waals surface area contributed by atoms with Crippen molar-refractivity contribution in [3.8, 4) is 0 Å². The molecule has 18 heavy (non-hydrogen) atoms. The second-order valence-electron chi connectivity index (χ2n) is 4.22. The van der Waals surface area contributed by atoms with Crippen LogP contribution in [0.15, 0.2) is 6.20 Å². The van der Waals surface area contributed by atoms with Gasteiger partial charge in [-0.1, -0.05) is 5.21 Å². The summed E-state index contributed by atoms with van der Waals surface area (Å²) in [4.78, 5) is 22.9. The molecule has 2 atom stereocenters. The van der Waals surface area contributed by atoms with Crippen LogP contribution in [0.5, 0.6) is 0 Å². The molecule has 2 unspecified atom stereocenters. The van der Waals surface area contributed by atoms with Gasteiger partial charge >= 0.3 is 5.97 Å². The number of aliphatic carboxylic acids is 1. The molecule has 1 aliphatic heterocycles. The van der Waals surface area contributed by atoms with Crippen LogP contribution < -0.4 is 10.6 Å². The lowest BCUT2D eigenvalue weighted by Gasteiger charge is -2.18. The topological polar surface area (TPSA) is 109 Å². The van der Waals surface area contributed by atoms with E-state index in [4.69, 9.17) is 5.11 Å². The number of Topliss-reactive ketones (excluding diaryl/α,β-unsaturated/α-hetero) is 1. The summed E-state index contributed by atoms with van der Waals surface area (Å²) in [6, 6.07) is -1.23. The molecule has 2 bridgehead atoms. The molecule has 0 aliphatic carbocycles. The molecule has 1 aliphatic rings. The van der Waals surface area contributed by atoms with Crippen molar-refractivity contribution >= 4 is 11.8 Å². The lowest BCUT2D eigenvalue weighted by atomic mass is 10.1. The van der Waals surface area contributed by atoms with Crippen LogP contribution in [0.3, 0.4) is 0 Å². The van der Waals surface area contributed by atoms with Crippen LogP contribution in [-0.4, -0.2) is 57.5 Å². The van der Waals surface area contributed by atoms with Gasteiger partial charge in [-0.2, -0.15) is 0 Å². The van der Waals surface area contributed by atoms with Crippen molar-refractivity contribution in [2.75, 3.05) is 13.6 Å². The molecule has 0 aromatic carbocycles. The molecule has 0 spiro atoms. The molecule has 1 aromatic heterocycles. The summed E-state index contributed by atoms with van der Waals surface area (Å²) in [5.74, 6) is -1.10. The van der Waals surface area contributed by atoms with Gasteiger partial charge in [0, 0.05) is 12.6 Å². The Hall–Kier alpha value is -1.80. The molecule has 0 amide bonds. The number of ketones is 1. The number of nitrogens with zero attached hydrogens (tertiary/aromatic N) is 3. The zero-order valence-electron chi connectivity index (χ0n) is 9.96. The number of hydrogen-bond donors (Lipinski definition) is 3. The first-order chi connectivity index (χ1) is 8.60. The van der Waals surface area contributed by atoms with E-state index in [1.807, 2.05) is 0 Å². The van der Waals surface area contributed by atoms with Crippen molar-refractivity contribution in [2.24, 2.45) is 0 Å². The van der Waals surface area contributed by atoms with E-state index in [1.54, 1.807) is 17.9 Å². The minimum atomic E-state index is -1.00. The van der Waals surface area contributed by atoms with Gasteiger partial charge in [-0.25, -0.2) is 0 Å². The Labute approximate surface area is 103 Å². The third-order valence-corrected chi connectivity index (χ3v) is 2.93. The first kappa shape index (κ1) is 12.7. The molecular weight excluding hydrogens is 238 g/mol. The van der Waals surface area contributed by atoms with Crippen LogP contribution in [0.25, 0.3) is 0 Å². The lowest BCUT2D eigenvalue weighted by Crippen LogP contribution is -2.47. The van der Waals surface area contributed by atoms with E-state index in [1.165, 1.54) is 0 Å². The monoisotopic (exact) mass is 253 g/mol. The van der Waals surface area contributed by atoms with E-state index >= 15 is 0 Å². The molecule has 8 heteroatoms. The van der Waals surface area contributed by atoms with Crippen molar-refractivity contribution < 1.29 is 14.7 Å². The van der Waals surface area contributed by atoms with E-state index in [0.717, 1.165) is 0 Å². The minimum absolute atomic E-state index is 0.0175. The Morgan fingerprint density at radius 2 is 2.44 bits per heavy atom. The summed E-state index contributed by atoms with van der Waals surface area (Å²) in [5, 5.41) is 22.5. The minimum Gasteiger partial charge on any atom is -0.480 e. The van der Waals surface area contributed by atoms with Crippen molar-refractivity contribution in [3.05, 3.63) is 11.9 Å². The average molecular weight is 253 g/mol. The summed E-state index contributed by atoms with van der Waals surface area (Å²) < 4.78 is 1.55. The van der Waals surface area contributed by atoms with Gasteiger partial charge in [-0.05, 0) is 7.05 Å². The van der Waals surface area contributed by atoms with E-state index in [0.29, 0.717) is 12.2 Å². The van der Waals surface area contributed by atoms with Crippen LogP contribution >= 0.6 is 0 Å². The predicted octanol–water partition coefficient (Wildman–Crippen LogP) is -1.97. The van der Waals surface area contributed by atoms with Gasteiger partial charge in [0.15, 0.2) is 5.78 Å². The maximum atomic E-state index is 11.9. The number of carbonyl (C=O) groups excluding carboxylic acids is 1. The summed E-state index contributed by atoms with van der Waals surface area (Å²) in [6.07, 6.45) is 1.88. The quantitative estimate of drug-likeness (QED) is 0.561. The highest BCUT2D eigenvalue weighted by atomic mass is 16.4. The highest BCUT2D eigenvalue weighted by Crippen LogP contribution is 2.03. The summed E-state index contributed by atoms with van der Waals surface area (Å²) >= 11 is 0. The van der Waals surface area contributed by atoms with Gasteiger partial charge < -0.3 is 10.4 Å². The molecule has 1 aromatic rings. The van der Waals surface area contributed by atoms with Crippen LogP contribution in [-0.2, 0) is 22.6 Å². The number of fused-ring (bicyclic) bond motifs is 2. The summed E-state index contributed by atoms with van der Waals surface area (Å²) in [7, 11) is 1.68. The van der Waals surface area contributed by atoms with Crippen molar-refractivity contribution in [2.45, 2.75) is 25.0 Å². The third-order valence-electron chi connectivity index (χ3n) is 2.93. The third kappa shape index (κ3) is 2.71. The van der Waals surface area contributed by atoms with E-state index in [-0.39, 0.29) is 18.7 Å². The number of carboxylic acids is 1. The van der Waals surface area contributed by atoms with Crippen LogP contribution in [0.2, 0.25) is 0 Å². The maximum absolute atomic E-state index is 11.9. The van der Waals surface area contributed by atoms with E-state index < -0.39 is 18.1 Å². The SMILES string of the molecule is CNC1Cn2cc(nn2)CC(C(=O)O)NCC1=O. The van der Waals surface area contributed by atoms with Gasteiger partial charge in [0.1, 0.15) is 6.04 Å². The summed E-state index contributed by atoms with van der Waals surface area (Å²) in [5.41, 5.74) is 0.596. The molecule has 2 heterocycles. The first-order valence-corrected chi connectivity index (χ1v) is 5.65. The molecule has 8 nitrogen and oxygen atoms in total. The van der Waals surface area contributed by atoms with Gasteiger partial charge in [-0.3, -0.25) is 19.6 Å². The Morgan fingerprint density at radius 3 is 3.11 bits per heavy atom. The fourth-order valence-corrected chi connectivity index (χ4v) is 1.87. The lowest BCUT2D eigenvalue weighted by molar-refractivity contribution is -0.139. The number of rotatable bonds is 2. The maximum Gasteiger partial charge on any atom is 0.321 e. The zero-order chi connectivity index (χ0) is 13.1. The van der Waals surface area contributed by atoms with E-state index in [2.05, 4.69) is 20.9 Å². The molecule has 0 fully saturated rings. The van der Waals surface area contributed by atoms with Crippen molar-refractivity contribution in [1.82, 2.24) is 25.6 Å². The molecule has 98 valence electrons.